The summed E-state index contributed by atoms with van der Waals surface area (Å²) in [6, 6.07) is 0.160. The van der Waals surface area contributed by atoms with Crippen molar-refractivity contribution in [3.63, 3.8) is 0 Å². The number of piperidine rings is 1. The summed E-state index contributed by atoms with van der Waals surface area (Å²) in [5.74, 6) is 0.561. The van der Waals surface area contributed by atoms with Gasteiger partial charge in [-0.3, -0.25) is 4.79 Å². The van der Waals surface area contributed by atoms with Gasteiger partial charge >= 0.3 is 0 Å². The number of carbonyl (C=O) groups excluding carboxylic acids is 1. The zero-order valence-corrected chi connectivity index (χ0v) is 12.6. The number of hydrogen-bond donors (Lipinski definition) is 1. The maximum Gasteiger partial charge on any atom is 0.265 e. The van der Waals surface area contributed by atoms with E-state index >= 15 is 0 Å². The monoisotopic (exact) mass is 281 g/mol. The van der Waals surface area contributed by atoms with Gasteiger partial charge in [0, 0.05) is 19.1 Å². The van der Waals surface area contributed by atoms with E-state index in [0.29, 0.717) is 5.92 Å². The standard InChI is InChI=1S/C14H23N3OS/c1-3-5-13-16-8-12(19-13)14(18)17-7-4-6-11(9-17)10(2)15/h8,10-11H,3-7,9,15H2,1-2H3. The average Bonchev–Trinajstić information content (AvgIpc) is 2.87. The van der Waals surface area contributed by atoms with Crippen molar-refractivity contribution in [2.75, 3.05) is 13.1 Å². The second kappa shape index (κ2) is 6.48. The molecule has 2 N–H and O–H groups in total. The first-order valence-electron chi connectivity index (χ1n) is 7.11. The normalized spacial score (nSPS) is 21.4. The lowest BCUT2D eigenvalue weighted by atomic mass is 9.92. The van der Waals surface area contributed by atoms with Crippen LogP contribution in [0.1, 0.15) is 47.8 Å². The molecule has 1 amide bonds. The molecule has 4 nitrogen and oxygen atoms in total. The van der Waals surface area contributed by atoms with Crippen molar-refractivity contribution in [3.05, 3.63) is 16.1 Å². The first kappa shape index (κ1) is 14.5. The molecule has 1 aliphatic rings. The molecule has 0 saturated carbocycles. The Kier molecular flexibility index (Phi) is 4.93. The molecule has 2 rings (SSSR count). The van der Waals surface area contributed by atoms with Crippen molar-refractivity contribution < 1.29 is 4.79 Å². The van der Waals surface area contributed by atoms with Crippen LogP contribution in [0.15, 0.2) is 6.20 Å². The maximum absolute atomic E-state index is 12.4. The Morgan fingerprint density at radius 2 is 2.47 bits per heavy atom. The summed E-state index contributed by atoms with van der Waals surface area (Å²) in [5, 5.41) is 1.06. The summed E-state index contributed by atoms with van der Waals surface area (Å²) in [7, 11) is 0. The lowest BCUT2D eigenvalue weighted by Gasteiger charge is -2.34. The van der Waals surface area contributed by atoms with Gasteiger partial charge in [0.2, 0.25) is 0 Å². The molecule has 106 valence electrons. The molecule has 5 heteroatoms. The van der Waals surface area contributed by atoms with Crippen molar-refractivity contribution in [3.8, 4) is 0 Å². The Hall–Kier alpha value is -0.940. The Labute approximate surface area is 119 Å². The Balaban J connectivity index is 2.01. The van der Waals surface area contributed by atoms with Gasteiger partial charge in [-0.15, -0.1) is 11.3 Å². The number of amides is 1. The highest BCUT2D eigenvalue weighted by Crippen LogP contribution is 2.23. The van der Waals surface area contributed by atoms with E-state index in [0.717, 1.165) is 48.7 Å². The minimum absolute atomic E-state index is 0.130. The molecule has 0 aliphatic carbocycles. The number of aryl methyl sites for hydroxylation is 1. The molecule has 19 heavy (non-hydrogen) atoms. The third-order valence-electron chi connectivity index (χ3n) is 3.72. The van der Waals surface area contributed by atoms with Gasteiger partial charge in [-0.2, -0.15) is 0 Å². The number of carbonyl (C=O) groups is 1. The van der Waals surface area contributed by atoms with Crippen molar-refractivity contribution in [1.29, 1.82) is 0 Å². The number of aromatic nitrogens is 1. The van der Waals surface area contributed by atoms with Crippen LogP contribution < -0.4 is 5.73 Å². The van der Waals surface area contributed by atoms with Gasteiger partial charge in [-0.1, -0.05) is 6.92 Å². The van der Waals surface area contributed by atoms with Crippen LogP contribution in [0.25, 0.3) is 0 Å². The van der Waals surface area contributed by atoms with E-state index in [4.69, 9.17) is 5.73 Å². The number of hydrogen-bond acceptors (Lipinski definition) is 4. The number of rotatable bonds is 4. The number of nitrogens with zero attached hydrogens (tertiary/aromatic N) is 2. The van der Waals surface area contributed by atoms with Crippen LogP contribution in [0, 0.1) is 5.92 Å². The molecule has 1 aromatic heterocycles. The molecule has 0 spiro atoms. The number of likely N-dealkylation sites (tertiary alicyclic amines) is 1. The van der Waals surface area contributed by atoms with Crippen LogP contribution in [0.5, 0.6) is 0 Å². The van der Waals surface area contributed by atoms with Crippen LogP contribution in [0.2, 0.25) is 0 Å². The second-order valence-electron chi connectivity index (χ2n) is 5.38. The van der Waals surface area contributed by atoms with Crippen molar-refractivity contribution in [1.82, 2.24) is 9.88 Å². The molecule has 2 atom stereocenters. The molecule has 0 bridgehead atoms. The highest BCUT2D eigenvalue weighted by molar-refractivity contribution is 7.13. The number of thiazole rings is 1. The summed E-state index contributed by atoms with van der Waals surface area (Å²) in [6.07, 6.45) is 5.94. The predicted molar refractivity (Wildman–Crippen MR) is 78.4 cm³/mol. The third-order valence-corrected chi connectivity index (χ3v) is 4.76. The molecule has 2 heterocycles. The summed E-state index contributed by atoms with van der Waals surface area (Å²) < 4.78 is 0. The van der Waals surface area contributed by atoms with Crippen LogP contribution >= 0.6 is 11.3 Å². The molecule has 1 aromatic rings. The summed E-state index contributed by atoms with van der Waals surface area (Å²) in [6.45, 7) is 5.80. The summed E-state index contributed by atoms with van der Waals surface area (Å²) in [5.41, 5.74) is 5.96. The summed E-state index contributed by atoms with van der Waals surface area (Å²) in [4.78, 5) is 19.5. The first-order valence-corrected chi connectivity index (χ1v) is 7.93. The van der Waals surface area contributed by atoms with Crippen LogP contribution in [0.3, 0.4) is 0 Å². The quantitative estimate of drug-likeness (QED) is 0.921. The lowest BCUT2D eigenvalue weighted by Crippen LogP contribution is -2.44. The minimum atomic E-state index is 0.130. The van der Waals surface area contributed by atoms with Crippen molar-refractivity contribution in [2.24, 2.45) is 11.7 Å². The van der Waals surface area contributed by atoms with E-state index < -0.39 is 0 Å². The Bertz CT molecular complexity index is 430. The molecule has 1 aliphatic heterocycles. The smallest absolute Gasteiger partial charge is 0.265 e. The SMILES string of the molecule is CCCc1ncc(C(=O)N2CCCC(C(C)N)C2)s1. The zero-order chi connectivity index (χ0) is 13.8. The first-order chi connectivity index (χ1) is 9.11. The highest BCUT2D eigenvalue weighted by atomic mass is 32.1. The third kappa shape index (κ3) is 3.54. The molecule has 2 unspecified atom stereocenters. The van der Waals surface area contributed by atoms with Crippen LogP contribution in [0.4, 0.5) is 0 Å². The second-order valence-corrected chi connectivity index (χ2v) is 6.50. The van der Waals surface area contributed by atoms with Gasteiger partial charge in [-0.05, 0) is 38.5 Å². The largest absolute Gasteiger partial charge is 0.338 e. The van der Waals surface area contributed by atoms with Crippen LogP contribution in [-0.2, 0) is 6.42 Å². The van der Waals surface area contributed by atoms with E-state index in [2.05, 4.69) is 11.9 Å². The van der Waals surface area contributed by atoms with E-state index in [9.17, 15) is 4.79 Å². The van der Waals surface area contributed by atoms with E-state index in [1.165, 1.54) is 11.3 Å². The van der Waals surface area contributed by atoms with Gasteiger partial charge in [0.1, 0.15) is 4.88 Å². The molecular formula is C14H23N3OS. The van der Waals surface area contributed by atoms with E-state index in [-0.39, 0.29) is 11.9 Å². The minimum Gasteiger partial charge on any atom is -0.338 e. The fourth-order valence-corrected chi connectivity index (χ4v) is 3.51. The average molecular weight is 281 g/mol. The number of nitrogens with two attached hydrogens (primary N) is 1. The molecule has 0 aromatic carbocycles. The topological polar surface area (TPSA) is 59.2 Å². The van der Waals surface area contributed by atoms with Gasteiger partial charge < -0.3 is 10.6 Å². The lowest BCUT2D eigenvalue weighted by molar-refractivity contribution is 0.0665. The fraction of sp³-hybridized carbons (Fsp3) is 0.714. The van der Waals surface area contributed by atoms with Gasteiger partial charge in [0.15, 0.2) is 0 Å². The van der Waals surface area contributed by atoms with Gasteiger partial charge in [-0.25, -0.2) is 4.98 Å². The zero-order valence-electron chi connectivity index (χ0n) is 11.8. The van der Waals surface area contributed by atoms with Gasteiger partial charge in [0.05, 0.1) is 11.2 Å². The molecule has 0 radical (unpaired) electrons. The van der Waals surface area contributed by atoms with E-state index in [1.807, 2.05) is 11.8 Å². The molecule has 1 saturated heterocycles. The highest BCUT2D eigenvalue weighted by Gasteiger charge is 2.27. The van der Waals surface area contributed by atoms with Crippen molar-refractivity contribution >= 4 is 17.2 Å². The molecule has 1 fully saturated rings. The van der Waals surface area contributed by atoms with E-state index in [1.54, 1.807) is 6.20 Å². The Morgan fingerprint density at radius 3 is 3.16 bits per heavy atom. The maximum atomic E-state index is 12.4. The Morgan fingerprint density at radius 1 is 1.68 bits per heavy atom. The summed E-state index contributed by atoms with van der Waals surface area (Å²) >= 11 is 1.54. The fourth-order valence-electron chi connectivity index (χ4n) is 2.52. The van der Waals surface area contributed by atoms with Crippen molar-refractivity contribution in [2.45, 2.75) is 45.6 Å². The molecular weight excluding hydrogens is 258 g/mol. The predicted octanol–water partition coefficient (Wildman–Crippen LogP) is 2.30. The van der Waals surface area contributed by atoms with Gasteiger partial charge in [0.25, 0.3) is 5.91 Å². The van der Waals surface area contributed by atoms with Crippen LogP contribution in [-0.4, -0.2) is 34.9 Å².